The first-order chi connectivity index (χ1) is 9.38. The van der Waals surface area contributed by atoms with E-state index in [9.17, 15) is 0 Å². The maximum Gasteiger partial charge on any atom is 0.0127 e. The van der Waals surface area contributed by atoms with Gasteiger partial charge in [-0.05, 0) is 78.3 Å². The zero-order valence-electron chi connectivity index (χ0n) is 14.4. The lowest BCUT2D eigenvalue weighted by Gasteiger charge is -2.38. The number of hydrogen-bond acceptors (Lipinski definition) is 2. The van der Waals surface area contributed by atoms with Crippen LogP contribution in [0.1, 0.15) is 73.1 Å². The second-order valence-electron chi connectivity index (χ2n) is 8.34. The van der Waals surface area contributed by atoms with E-state index in [1.54, 1.807) is 0 Å². The summed E-state index contributed by atoms with van der Waals surface area (Å²) >= 11 is 0. The predicted molar refractivity (Wildman–Crippen MR) is 88.1 cm³/mol. The Morgan fingerprint density at radius 2 is 1.70 bits per heavy atom. The molecule has 3 atom stereocenters. The van der Waals surface area contributed by atoms with Crippen LogP contribution in [0, 0.1) is 11.8 Å². The van der Waals surface area contributed by atoms with Crippen molar-refractivity contribution in [1.82, 2.24) is 10.2 Å². The molecule has 0 aromatic heterocycles. The van der Waals surface area contributed by atoms with Crippen LogP contribution in [-0.4, -0.2) is 35.6 Å². The van der Waals surface area contributed by atoms with Gasteiger partial charge < -0.3 is 5.32 Å². The van der Waals surface area contributed by atoms with Crippen LogP contribution >= 0.6 is 0 Å². The van der Waals surface area contributed by atoms with E-state index in [4.69, 9.17) is 0 Å². The fraction of sp³-hybridized carbons (Fsp3) is 1.00. The normalized spacial score (nSPS) is 28.9. The second kappa shape index (κ2) is 6.79. The summed E-state index contributed by atoms with van der Waals surface area (Å²) in [7, 11) is 0. The molecule has 1 heterocycles. The molecule has 3 unspecified atom stereocenters. The van der Waals surface area contributed by atoms with Gasteiger partial charge in [0.05, 0.1) is 0 Å². The first-order valence-electron chi connectivity index (χ1n) is 8.89. The molecule has 1 aliphatic carbocycles. The molecule has 0 bridgehead atoms. The van der Waals surface area contributed by atoms with Gasteiger partial charge in [0, 0.05) is 17.6 Å². The van der Waals surface area contributed by atoms with Crippen molar-refractivity contribution >= 4 is 0 Å². The fourth-order valence-corrected chi connectivity index (χ4v) is 4.13. The molecule has 2 fully saturated rings. The Balaban J connectivity index is 1.87. The van der Waals surface area contributed by atoms with E-state index in [0.29, 0.717) is 0 Å². The van der Waals surface area contributed by atoms with Gasteiger partial charge in [0.1, 0.15) is 0 Å². The maximum atomic E-state index is 3.68. The Kier molecular flexibility index (Phi) is 5.53. The molecule has 2 rings (SSSR count). The van der Waals surface area contributed by atoms with Gasteiger partial charge in [-0.25, -0.2) is 0 Å². The number of nitrogens with zero attached hydrogens (tertiary/aromatic N) is 1. The third-order valence-electron chi connectivity index (χ3n) is 5.59. The Morgan fingerprint density at radius 3 is 2.30 bits per heavy atom. The zero-order valence-corrected chi connectivity index (χ0v) is 14.4. The SMILES string of the molecule is CC(CNC(C)(C)C)C(C)N1CCCC1C1CCCC1. The molecule has 0 aromatic carbocycles. The van der Waals surface area contributed by atoms with E-state index in [0.717, 1.165) is 30.5 Å². The minimum Gasteiger partial charge on any atom is -0.312 e. The lowest BCUT2D eigenvalue weighted by molar-refractivity contribution is 0.107. The minimum atomic E-state index is 0.240. The summed E-state index contributed by atoms with van der Waals surface area (Å²) in [5, 5.41) is 3.68. The Bertz CT molecular complexity index is 288. The van der Waals surface area contributed by atoms with Crippen molar-refractivity contribution in [3.05, 3.63) is 0 Å². The third kappa shape index (κ3) is 4.21. The number of hydrogen-bond donors (Lipinski definition) is 1. The second-order valence-corrected chi connectivity index (χ2v) is 8.34. The van der Waals surface area contributed by atoms with Gasteiger partial charge in [-0.2, -0.15) is 0 Å². The molecule has 2 nitrogen and oxygen atoms in total. The van der Waals surface area contributed by atoms with Crippen LogP contribution in [0.3, 0.4) is 0 Å². The van der Waals surface area contributed by atoms with E-state index in [2.05, 4.69) is 44.8 Å². The molecule has 0 spiro atoms. The van der Waals surface area contributed by atoms with Gasteiger partial charge in [-0.3, -0.25) is 4.90 Å². The topological polar surface area (TPSA) is 15.3 Å². The van der Waals surface area contributed by atoms with Gasteiger partial charge in [0.25, 0.3) is 0 Å². The molecule has 1 saturated heterocycles. The molecule has 0 radical (unpaired) electrons. The quantitative estimate of drug-likeness (QED) is 0.817. The van der Waals surface area contributed by atoms with E-state index in [-0.39, 0.29) is 5.54 Å². The molecule has 0 amide bonds. The average Bonchev–Trinajstić information content (AvgIpc) is 3.03. The highest BCUT2D eigenvalue weighted by atomic mass is 15.2. The summed E-state index contributed by atoms with van der Waals surface area (Å²) in [6.07, 6.45) is 8.80. The van der Waals surface area contributed by atoms with Crippen molar-refractivity contribution in [2.75, 3.05) is 13.1 Å². The standard InChI is InChI=1S/C18H36N2/c1-14(13-19-18(3,4)5)15(2)20-12-8-11-17(20)16-9-6-7-10-16/h14-17,19H,6-13H2,1-5H3. The Morgan fingerprint density at radius 1 is 1.05 bits per heavy atom. The lowest BCUT2D eigenvalue weighted by atomic mass is 9.93. The van der Waals surface area contributed by atoms with Crippen LogP contribution in [-0.2, 0) is 0 Å². The molecule has 2 aliphatic rings. The molecule has 1 N–H and O–H groups in total. The van der Waals surface area contributed by atoms with Gasteiger partial charge in [0.2, 0.25) is 0 Å². The third-order valence-corrected chi connectivity index (χ3v) is 5.59. The van der Waals surface area contributed by atoms with Crippen LogP contribution < -0.4 is 5.32 Å². The fourth-order valence-electron chi connectivity index (χ4n) is 4.13. The highest BCUT2D eigenvalue weighted by Crippen LogP contribution is 2.37. The van der Waals surface area contributed by atoms with Crippen LogP contribution in [0.4, 0.5) is 0 Å². The Labute approximate surface area is 126 Å². The molecule has 20 heavy (non-hydrogen) atoms. The largest absolute Gasteiger partial charge is 0.312 e. The molecular formula is C18H36N2. The predicted octanol–water partition coefficient (Wildman–Crippen LogP) is 4.05. The van der Waals surface area contributed by atoms with E-state index in [1.165, 1.54) is 45.1 Å². The van der Waals surface area contributed by atoms with Crippen molar-refractivity contribution in [3.8, 4) is 0 Å². The minimum absolute atomic E-state index is 0.240. The molecule has 1 aliphatic heterocycles. The van der Waals surface area contributed by atoms with E-state index >= 15 is 0 Å². The molecule has 1 saturated carbocycles. The van der Waals surface area contributed by atoms with Gasteiger partial charge in [-0.1, -0.05) is 19.8 Å². The van der Waals surface area contributed by atoms with Crippen LogP contribution in [0.15, 0.2) is 0 Å². The molecule has 2 heteroatoms. The number of likely N-dealkylation sites (tertiary alicyclic amines) is 1. The summed E-state index contributed by atoms with van der Waals surface area (Å²) in [5.41, 5.74) is 0.240. The van der Waals surface area contributed by atoms with Gasteiger partial charge >= 0.3 is 0 Å². The summed E-state index contributed by atoms with van der Waals surface area (Å²) < 4.78 is 0. The number of rotatable bonds is 5. The first kappa shape index (κ1) is 16.3. The van der Waals surface area contributed by atoms with Crippen molar-refractivity contribution in [3.63, 3.8) is 0 Å². The highest BCUT2D eigenvalue weighted by molar-refractivity contribution is 4.91. The van der Waals surface area contributed by atoms with Gasteiger partial charge in [-0.15, -0.1) is 0 Å². The van der Waals surface area contributed by atoms with Crippen LogP contribution in [0.5, 0.6) is 0 Å². The summed E-state index contributed by atoms with van der Waals surface area (Å²) in [4.78, 5) is 2.85. The molecule has 118 valence electrons. The van der Waals surface area contributed by atoms with Crippen molar-refractivity contribution in [1.29, 1.82) is 0 Å². The van der Waals surface area contributed by atoms with E-state index < -0.39 is 0 Å². The summed E-state index contributed by atoms with van der Waals surface area (Å²) in [6.45, 7) is 14.2. The highest BCUT2D eigenvalue weighted by Gasteiger charge is 2.36. The Hall–Kier alpha value is -0.0800. The molecular weight excluding hydrogens is 244 g/mol. The first-order valence-corrected chi connectivity index (χ1v) is 8.89. The van der Waals surface area contributed by atoms with Crippen LogP contribution in [0.2, 0.25) is 0 Å². The lowest BCUT2D eigenvalue weighted by Crippen LogP contribution is -2.48. The zero-order chi connectivity index (χ0) is 14.8. The summed E-state index contributed by atoms with van der Waals surface area (Å²) in [5.74, 6) is 1.74. The monoisotopic (exact) mass is 280 g/mol. The van der Waals surface area contributed by atoms with Crippen molar-refractivity contribution < 1.29 is 0 Å². The number of nitrogens with one attached hydrogen (secondary N) is 1. The van der Waals surface area contributed by atoms with Crippen molar-refractivity contribution in [2.45, 2.75) is 90.8 Å². The summed E-state index contributed by atoms with van der Waals surface area (Å²) in [6, 6.07) is 1.61. The van der Waals surface area contributed by atoms with E-state index in [1.807, 2.05) is 0 Å². The molecule has 0 aromatic rings. The van der Waals surface area contributed by atoms with Crippen molar-refractivity contribution in [2.24, 2.45) is 11.8 Å². The smallest absolute Gasteiger partial charge is 0.0127 e. The maximum absolute atomic E-state index is 3.68. The van der Waals surface area contributed by atoms with Gasteiger partial charge in [0.15, 0.2) is 0 Å². The average molecular weight is 280 g/mol. The van der Waals surface area contributed by atoms with Crippen LogP contribution in [0.25, 0.3) is 0 Å².